The molecule has 2 aromatic rings. The average Bonchev–Trinajstić information content (AvgIpc) is 3.07. The van der Waals surface area contributed by atoms with Gasteiger partial charge in [-0.1, -0.05) is 11.8 Å². The van der Waals surface area contributed by atoms with Crippen LogP contribution in [-0.4, -0.2) is 41.5 Å². The van der Waals surface area contributed by atoms with E-state index in [1.807, 2.05) is 0 Å². The second-order valence-electron chi connectivity index (χ2n) is 5.20. The van der Waals surface area contributed by atoms with Crippen LogP contribution in [0, 0.1) is 0 Å². The molecule has 0 atom stereocenters. The van der Waals surface area contributed by atoms with Gasteiger partial charge in [-0.25, -0.2) is 4.98 Å². The molecule has 2 N–H and O–H groups in total. The molecule has 0 unspecified atom stereocenters. The molecule has 0 radical (unpaired) electrons. The predicted molar refractivity (Wildman–Crippen MR) is 92.5 cm³/mol. The number of fused-ring (bicyclic) bond motifs is 1. The highest BCUT2D eigenvalue weighted by Crippen LogP contribution is 2.34. The van der Waals surface area contributed by atoms with Gasteiger partial charge >= 0.3 is 5.97 Å². The highest BCUT2D eigenvalue weighted by Gasteiger charge is 2.14. The molecule has 1 aliphatic rings. The lowest BCUT2D eigenvalue weighted by Gasteiger charge is -2.06. The van der Waals surface area contributed by atoms with E-state index in [-0.39, 0.29) is 35.7 Å². The van der Waals surface area contributed by atoms with Crippen molar-refractivity contribution in [1.82, 2.24) is 9.97 Å². The zero-order valence-electron chi connectivity index (χ0n) is 13.7. The normalized spacial score (nSPS) is 11.9. The van der Waals surface area contributed by atoms with Crippen molar-refractivity contribution >= 4 is 29.3 Å². The van der Waals surface area contributed by atoms with Crippen LogP contribution in [0.5, 0.6) is 11.5 Å². The molecule has 1 aliphatic heterocycles. The fraction of sp³-hybridized carbons (Fsp3) is 0.250. The van der Waals surface area contributed by atoms with Crippen molar-refractivity contribution in [3.63, 3.8) is 0 Å². The first kappa shape index (κ1) is 17.8. The highest BCUT2D eigenvalue weighted by atomic mass is 32.2. The smallest absolute Gasteiger partial charge is 0.311 e. The summed E-state index contributed by atoms with van der Waals surface area (Å²) < 4.78 is 15.0. The van der Waals surface area contributed by atoms with Gasteiger partial charge in [-0.05, 0) is 12.1 Å². The van der Waals surface area contributed by atoms with E-state index >= 15 is 0 Å². The first-order valence-corrected chi connectivity index (χ1v) is 8.51. The number of carbonyl (C=O) groups is 2. The number of hydrogen-bond acceptors (Lipinski definition) is 8. The van der Waals surface area contributed by atoms with E-state index in [0.717, 1.165) is 11.8 Å². The fourth-order valence-corrected chi connectivity index (χ4v) is 2.86. The van der Waals surface area contributed by atoms with Gasteiger partial charge in [-0.2, -0.15) is 0 Å². The number of methoxy groups -OCH3 is 1. The Balaban J connectivity index is 1.59. The van der Waals surface area contributed by atoms with Crippen LogP contribution in [0.15, 0.2) is 34.2 Å². The maximum absolute atomic E-state index is 12.1. The number of anilines is 1. The lowest BCUT2D eigenvalue weighted by molar-refractivity contribution is -0.139. The Morgan fingerprint density at radius 1 is 1.31 bits per heavy atom. The summed E-state index contributed by atoms with van der Waals surface area (Å²) >= 11 is 1.05. The largest absolute Gasteiger partial charge is 0.469 e. The molecule has 1 amide bonds. The van der Waals surface area contributed by atoms with Crippen LogP contribution in [-0.2, 0) is 20.7 Å². The zero-order valence-corrected chi connectivity index (χ0v) is 14.6. The lowest BCUT2D eigenvalue weighted by atomic mass is 10.3. The number of carbonyl (C=O) groups excluding carboxylic acids is 2. The molecule has 0 aliphatic carbocycles. The summed E-state index contributed by atoms with van der Waals surface area (Å²) in [5.41, 5.74) is 0.442. The summed E-state index contributed by atoms with van der Waals surface area (Å²) in [6.45, 7) is 0.156. The number of nitrogens with zero attached hydrogens (tertiary/aromatic N) is 1. The Bertz CT molecular complexity index is 898. The molecule has 0 saturated heterocycles. The number of H-pyrrole nitrogens is 1. The van der Waals surface area contributed by atoms with Crippen LogP contribution < -0.4 is 20.3 Å². The maximum Gasteiger partial charge on any atom is 0.311 e. The van der Waals surface area contributed by atoms with Gasteiger partial charge in [0.05, 0.1) is 25.0 Å². The Morgan fingerprint density at radius 2 is 2.12 bits per heavy atom. The predicted octanol–water partition coefficient (Wildman–Crippen LogP) is 0.945. The Morgan fingerprint density at radius 3 is 2.92 bits per heavy atom. The molecular formula is C16H15N3O6S. The van der Waals surface area contributed by atoms with Crippen molar-refractivity contribution in [1.29, 1.82) is 0 Å². The topological polar surface area (TPSA) is 120 Å². The first-order chi connectivity index (χ1) is 12.5. The molecule has 2 heterocycles. The molecule has 3 rings (SSSR count). The summed E-state index contributed by atoms with van der Waals surface area (Å²) in [5.74, 6) is 0.437. The summed E-state index contributed by atoms with van der Waals surface area (Å²) in [6, 6.07) is 6.29. The van der Waals surface area contributed by atoms with Crippen molar-refractivity contribution < 1.29 is 23.8 Å². The van der Waals surface area contributed by atoms with Gasteiger partial charge in [0.1, 0.15) is 0 Å². The van der Waals surface area contributed by atoms with Crippen LogP contribution in [0.1, 0.15) is 5.69 Å². The van der Waals surface area contributed by atoms with Crippen molar-refractivity contribution in [3.05, 3.63) is 40.3 Å². The Labute approximate surface area is 152 Å². The summed E-state index contributed by atoms with van der Waals surface area (Å²) in [6.07, 6.45) is -0.114. The Kier molecular flexibility index (Phi) is 5.42. The summed E-state index contributed by atoms with van der Waals surface area (Å²) in [7, 11) is 1.26. The van der Waals surface area contributed by atoms with Crippen LogP contribution in [0.2, 0.25) is 0 Å². The van der Waals surface area contributed by atoms with Crippen LogP contribution in [0.3, 0.4) is 0 Å². The number of aromatic nitrogens is 2. The Hall–Kier alpha value is -3.01. The van der Waals surface area contributed by atoms with E-state index in [1.54, 1.807) is 18.2 Å². The number of amides is 1. The molecule has 136 valence electrons. The fourth-order valence-electron chi connectivity index (χ4n) is 2.17. The SMILES string of the molecule is COC(=O)Cc1cc(=O)[nH]c(SCC(=O)Nc2ccc3c(c2)OCO3)n1. The number of esters is 1. The van der Waals surface area contributed by atoms with Gasteiger partial charge in [0, 0.05) is 17.8 Å². The third kappa shape index (κ3) is 4.54. The number of aromatic amines is 1. The number of hydrogen-bond donors (Lipinski definition) is 2. The molecule has 0 bridgehead atoms. The molecule has 9 nitrogen and oxygen atoms in total. The molecule has 0 spiro atoms. The van der Waals surface area contributed by atoms with Gasteiger partial charge in [-0.3, -0.25) is 14.4 Å². The quantitative estimate of drug-likeness (QED) is 0.434. The minimum absolute atomic E-state index is 0.0268. The minimum atomic E-state index is -0.500. The average molecular weight is 377 g/mol. The van der Waals surface area contributed by atoms with Crippen molar-refractivity contribution in [2.75, 3.05) is 25.0 Å². The third-order valence-corrected chi connectivity index (χ3v) is 4.20. The lowest BCUT2D eigenvalue weighted by Crippen LogP contribution is -2.17. The van der Waals surface area contributed by atoms with Crippen LogP contribution in [0.25, 0.3) is 0 Å². The molecule has 0 fully saturated rings. The molecule has 10 heteroatoms. The van der Waals surface area contributed by atoms with Gasteiger partial charge in [0.2, 0.25) is 12.7 Å². The standard InChI is InChI=1S/C16H15N3O6S/c1-23-15(22)6-10-5-13(20)19-16(18-10)26-7-14(21)17-9-2-3-11-12(4-9)25-8-24-11/h2-5H,6-8H2,1H3,(H,17,21)(H,18,19,20). The molecular weight excluding hydrogens is 362 g/mol. The van der Waals surface area contributed by atoms with Crippen LogP contribution in [0.4, 0.5) is 5.69 Å². The van der Waals surface area contributed by atoms with Gasteiger partial charge < -0.3 is 24.5 Å². The number of benzene rings is 1. The number of ether oxygens (including phenoxy) is 3. The van der Waals surface area contributed by atoms with Crippen molar-refractivity contribution in [3.8, 4) is 11.5 Å². The van der Waals surface area contributed by atoms with E-state index in [2.05, 4.69) is 20.0 Å². The van der Waals surface area contributed by atoms with Crippen molar-refractivity contribution in [2.45, 2.75) is 11.6 Å². The molecule has 1 aromatic heterocycles. The van der Waals surface area contributed by atoms with E-state index < -0.39 is 11.5 Å². The molecule has 26 heavy (non-hydrogen) atoms. The zero-order chi connectivity index (χ0) is 18.5. The number of thioether (sulfide) groups is 1. The van der Waals surface area contributed by atoms with E-state index in [4.69, 9.17) is 9.47 Å². The van der Waals surface area contributed by atoms with Crippen molar-refractivity contribution in [2.24, 2.45) is 0 Å². The first-order valence-electron chi connectivity index (χ1n) is 7.53. The maximum atomic E-state index is 12.1. The number of rotatable bonds is 6. The van der Waals surface area contributed by atoms with E-state index in [9.17, 15) is 14.4 Å². The molecule has 1 aromatic carbocycles. The van der Waals surface area contributed by atoms with Crippen LogP contribution >= 0.6 is 11.8 Å². The summed E-state index contributed by atoms with van der Waals surface area (Å²) in [4.78, 5) is 41.7. The second-order valence-corrected chi connectivity index (χ2v) is 6.16. The second kappa shape index (κ2) is 7.91. The van der Waals surface area contributed by atoms with E-state index in [1.165, 1.54) is 13.2 Å². The monoisotopic (exact) mass is 377 g/mol. The minimum Gasteiger partial charge on any atom is -0.469 e. The third-order valence-electron chi connectivity index (χ3n) is 3.32. The summed E-state index contributed by atoms with van der Waals surface area (Å²) in [5, 5.41) is 2.97. The van der Waals surface area contributed by atoms with E-state index in [0.29, 0.717) is 17.2 Å². The molecule has 0 saturated carbocycles. The number of nitrogens with one attached hydrogen (secondary N) is 2. The van der Waals surface area contributed by atoms with Gasteiger partial charge in [0.15, 0.2) is 16.7 Å². The van der Waals surface area contributed by atoms with Gasteiger partial charge in [0.25, 0.3) is 5.56 Å². The highest BCUT2D eigenvalue weighted by molar-refractivity contribution is 7.99. The van der Waals surface area contributed by atoms with Gasteiger partial charge in [-0.15, -0.1) is 0 Å².